The van der Waals surface area contributed by atoms with Crippen LogP contribution in [0.25, 0.3) is 22.6 Å². The lowest BCUT2D eigenvalue weighted by Gasteiger charge is -2.32. The first-order valence-electron chi connectivity index (χ1n) is 10.5. The van der Waals surface area contributed by atoms with Crippen molar-refractivity contribution in [3.05, 3.63) is 65.9 Å². The first-order chi connectivity index (χ1) is 15.1. The number of nitrogens with zero attached hydrogens (tertiary/aromatic N) is 4. The van der Waals surface area contributed by atoms with Crippen molar-refractivity contribution in [2.45, 2.75) is 19.8 Å². The molecule has 2 aromatic carbocycles. The lowest BCUT2D eigenvalue weighted by Crippen LogP contribution is -2.37. The largest absolute Gasteiger partial charge is 0.382 e. The molecule has 4 aromatic rings. The molecule has 0 bridgehead atoms. The van der Waals surface area contributed by atoms with Crippen LogP contribution in [0.3, 0.4) is 0 Å². The SMILES string of the molecule is Cc1ccc2nc(-c3nc(N4CCC(C(=O)c5ccccc5)CC4)cnc3N)[nH]c2c1. The number of nitrogens with one attached hydrogen (secondary N) is 1. The number of Topliss-reactive ketones (excluding diaryl/α,β-unsaturated/α-hetero) is 1. The van der Waals surface area contributed by atoms with Crippen LogP contribution in [0.4, 0.5) is 11.6 Å². The molecule has 5 rings (SSSR count). The summed E-state index contributed by atoms with van der Waals surface area (Å²) in [6, 6.07) is 15.6. The Morgan fingerprint density at radius 1 is 1.10 bits per heavy atom. The number of piperidine rings is 1. The van der Waals surface area contributed by atoms with Gasteiger partial charge in [-0.3, -0.25) is 4.79 Å². The number of nitrogen functional groups attached to an aromatic ring is 1. The van der Waals surface area contributed by atoms with Crippen LogP contribution >= 0.6 is 0 Å². The number of hydrogen-bond acceptors (Lipinski definition) is 6. The van der Waals surface area contributed by atoms with E-state index in [1.165, 1.54) is 0 Å². The molecule has 2 aromatic heterocycles. The van der Waals surface area contributed by atoms with Crippen LogP contribution < -0.4 is 10.6 Å². The summed E-state index contributed by atoms with van der Waals surface area (Å²) in [7, 11) is 0. The highest BCUT2D eigenvalue weighted by Gasteiger charge is 2.27. The highest BCUT2D eigenvalue weighted by Crippen LogP contribution is 2.28. The Kier molecular flexibility index (Phi) is 4.86. The Labute approximate surface area is 180 Å². The topological polar surface area (TPSA) is 101 Å². The van der Waals surface area contributed by atoms with Gasteiger partial charge >= 0.3 is 0 Å². The summed E-state index contributed by atoms with van der Waals surface area (Å²) >= 11 is 0. The van der Waals surface area contributed by atoms with Crippen molar-refractivity contribution >= 4 is 28.5 Å². The molecule has 31 heavy (non-hydrogen) atoms. The third-order valence-corrected chi connectivity index (χ3v) is 5.90. The maximum absolute atomic E-state index is 12.8. The number of fused-ring (bicyclic) bond motifs is 1. The van der Waals surface area contributed by atoms with E-state index >= 15 is 0 Å². The van der Waals surface area contributed by atoms with Gasteiger partial charge in [0.15, 0.2) is 23.1 Å². The maximum atomic E-state index is 12.8. The number of imidazole rings is 1. The average Bonchev–Trinajstić information content (AvgIpc) is 3.22. The van der Waals surface area contributed by atoms with Gasteiger partial charge in [-0.05, 0) is 37.5 Å². The van der Waals surface area contributed by atoms with E-state index in [1.54, 1.807) is 6.20 Å². The molecule has 3 N–H and O–H groups in total. The van der Waals surface area contributed by atoms with E-state index in [1.807, 2.05) is 55.5 Å². The molecule has 0 spiro atoms. The normalized spacial score (nSPS) is 14.8. The molecule has 0 amide bonds. The number of hydrogen-bond donors (Lipinski definition) is 2. The number of benzene rings is 2. The Bertz CT molecular complexity index is 1240. The van der Waals surface area contributed by atoms with Crippen molar-refractivity contribution in [3.8, 4) is 11.5 Å². The molecule has 7 nitrogen and oxygen atoms in total. The van der Waals surface area contributed by atoms with Gasteiger partial charge in [-0.15, -0.1) is 0 Å². The summed E-state index contributed by atoms with van der Waals surface area (Å²) in [6.07, 6.45) is 3.28. The van der Waals surface area contributed by atoms with E-state index in [0.29, 0.717) is 17.3 Å². The van der Waals surface area contributed by atoms with Crippen LogP contribution in [0, 0.1) is 12.8 Å². The molecule has 3 heterocycles. The van der Waals surface area contributed by atoms with E-state index in [0.717, 1.165) is 53.9 Å². The van der Waals surface area contributed by atoms with Crippen molar-refractivity contribution < 1.29 is 4.79 Å². The predicted octanol–water partition coefficient (Wildman–Crippen LogP) is 4.01. The zero-order chi connectivity index (χ0) is 21.4. The quantitative estimate of drug-likeness (QED) is 0.491. The standard InChI is InChI=1S/C24H24N6O/c1-15-7-8-18-19(13-15)28-24(27-18)21-23(25)26-14-20(29-21)30-11-9-17(10-12-30)22(31)16-5-3-2-4-6-16/h2-8,13-14,17H,9-12H2,1H3,(H2,25,26)(H,27,28). The van der Waals surface area contributed by atoms with Crippen molar-refractivity contribution in [2.75, 3.05) is 23.7 Å². The maximum Gasteiger partial charge on any atom is 0.166 e. The lowest BCUT2D eigenvalue weighted by atomic mass is 9.89. The van der Waals surface area contributed by atoms with Crippen molar-refractivity contribution in [3.63, 3.8) is 0 Å². The van der Waals surface area contributed by atoms with Crippen LogP contribution in [0.15, 0.2) is 54.7 Å². The summed E-state index contributed by atoms with van der Waals surface area (Å²) in [4.78, 5) is 32.0. The van der Waals surface area contributed by atoms with Gasteiger partial charge in [-0.25, -0.2) is 15.0 Å². The van der Waals surface area contributed by atoms with Gasteiger partial charge in [0.05, 0.1) is 17.2 Å². The Balaban J connectivity index is 1.35. The molecule has 1 aliphatic rings. The van der Waals surface area contributed by atoms with Crippen molar-refractivity contribution in [2.24, 2.45) is 5.92 Å². The van der Waals surface area contributed by atoms with Gasteiger partial charge in [0, 0.05) is 24.6 Å². The van der Waals surface area contributed by atoms with Crippen LogP contribution in [-0.4, -0.2) is 38.8 Å². The van der Waals surface area contributed by atoms with Crippen molar-refractivity contribution in [1.29, 1.82) is 0 Å². The zero-order valence-corrected chi connectivity index (χ0v) is 17.4. The van der Waals surface area contributed by atoms with Crippen LogP contribution in [0.1, 0.15) is 28.8 Å². The van der Waals surface area contributed by atoms with E-state index in [2.05, 4.69) is 19.9 Å². The second-order valence-corrected chi connectivity index (χ2v) is 8.06. The summed E-state index contributed by atoms with van der Waals surface area (Å²) in [6.45, 7) is 3.54. The Morgan fingerprint density at radius 2 is 1.87 bits per heavy atom. The summed E-state index contributed by atoms with van der Waals surface area (Å²) in [5, 5.41) is 0. The number of nitrogens with two attached hydrogens (primary N) is 1. The van der Waals surface area contributed by atoms with Crippen molar-refractivity contribution in [1.82, 2.24) is 19.9 Å². The smallest absolute Gasteiger partial charge is 0.166 e. The fraction of sp³-hybridized carbons (Fsp3) is 0.250. The van der Waals surface area contributed by atoms with Gasteiger partial charge in [0.25, 0.3) is 0 Å². The lowest BCUT2D eigenvalue weighted by molar-refractivity contribution is 0.0900. The third-order valence-electron chi connectivity index (χ3n) is 5.90. The van der Waals surface area contributed by atoms with Gasteiger partial charge in [0.2, 0.25) is 0 Å². The molecular formula is C24H24N6O. The van der Waals surface area contributed by atoms with E-state index in [9.17, 15) is 4.79 Å². The number of aryl methyl sites for hydroxylation is 1. The number of rotatable bonds is 4. The zero-order valence-electron chi connectivity index (χ0n) is 17.4. The van der Waals surface area contributed by atoms with Crippen LogP contribution in [-0.2, 0) is 0 Å². The highest BCUT2D eigenvalue weighted by atomic mass is 16.1. The van der Waals surface area contributed by atoms with Gasteiger partial charge < -0.3 is 15.6 Å². The molecule has 1 fully saturated rings. The van der Waals surface area contributed by atoms with Crippen LogP contribution in [0.5, 0.6) is 0 Å². The number of H-pyrrole nitrogens is 1. The third kappa shape index (κ3) is 3.74. The van der Waals surface area contributed by atoms with Gasteiger partial charge in [0.1, 0.15) is 5.82 Å². The minimum Gasteiger partial charge on any atom is -0.382 e. The van der Waals surface area contributed by atoms with Crippen LogP contribution in [0.2, 0.25) is 0 Å². The van der Waals surface area contributed by atoms with E-state index < -0.39 is 0 Å². The fourth-order valence-electron chi connectivity index (χ4n) is 4.16. The number of anilines is 2. The second-order valence-electron chi connectivity index (χ2n) is 8.06. The fourth-order valence-corrected chi connectivity index (χ4v) is 4.16. The molecule has 0 atom stereocenters. The second kappa shape index (κ2) is 7.83. The van der Waals surface area contributed by atoms with Gasteiger partial charge in [-0.1, -0.05) is 36.4 Å². The minimum absolute atomic E-state index is 0.0403. The number of ketones is 1. The number of aromatic amines is 1. The summed E-state index contributed by atoms with van der Waals surface area (Å²) in [5.41, 5.74) is 10.4. The molecule has 1 aliphatic heterocycles. The molecule has 7 heteroatoms. The highest BCUT2D eigenvalue weighted by molar-refractivity contribution is 5.98. The molecule has 156 valence electrons. The molecule has 0 saturated carbocycles. The van der Waals surface area contributed by atoms with E-state index in [4.69, 9.17) is 10.7 Å². The van der Waals surface area contributed by atoms with Gasteiger partial charge in [-0.2, -0.15) is 0 Å². The Hall–Kier alpha value is -3.74. The number of aromatic nitrogens is 4. The molecule has 0 radical (unpaired) electrons. The van der Waals surface area contributed by atoms with E-state index in [-0.39, 0.29) is 11.7 Å². The first kappa shape index (κ1) is 19.2. The molecule has 1 saturated heterocycles. The first-order valence-corrected chi connectivity index (χ1v) is 10.5. The average molecular weight is 412 g/mol. The summed E-state index contributed by atoms with van der Waals surface area (Å²) in [5.74, 6) is 1.97. The monoisotopic (exact) mass is 412 g/mol. The molecule has 0 aliphatic carbocycles. The molecule has 0 unspecified atom stereocenters. The summed E-state index contributed by atoms with van der Waals surface area (Å²) < 4.78 is 0. The predicted molar refractivity (Wildman–Crippen MR) is 122 cm³/mol. The molecular weight excluding hydrogens is 388 g/mol. The Morgan fingerprint density at radius 3 is 2.65 bits per heavy atom. The minimum atomic E-state index is 0.0403. The number of carbonyl (C=O) groups excluding carboxylic acids is 1. The number of carbonyl (C=O) groups is 1.